The Hall–Kier alpha value is -3.21. The molecule has 11 heteroatoms. The van der Waals surface area contributed by atoms with E-state index in [1.54, 1.807) is 39.0 Å². The zero-order chi connectivity index (χ0) is 23.9. The molecule has 174 valence electrons. The Bertz CT molecular complexity index is 920. The number of carbonyl (C=O) groups is 4. The van der Waals surface area contributed by atoms with Gasteiger partial charge in [0, 0.05) is 12.7 Å². The van der Waals surface area contributed by atoms with Crippen molar-refractivity contribution in [2.45, 2.75) is 39.3 Å². The molecule has 0 fully saturated rings. The first-order valence-electron chi connectivity index (χ1n) is 9.52. The highest BCUT2D eigenvalue weighted by atomic mass is 32.2. The lowest BCUT2D eigenvalue weighted by Crippen LogP contribution is -2.45. The van der Waals surface area contributed by atoms with Gasteiger partial charge in [-0.2, -0.15) is 0 Å². The molecule has 1 amide bonds. The van der Waals surface area contributed by atoms with Crippen LogP contribution in [0.15, 0.2) is 24.0 Å². The van der Waals surface area contributed by atoms with Crippen LogP contribution in [0.3, 0.4) is 0 Å². The summed E-state index contributed by atoms with van der Waals surface area (Å²) in [7, 11) is 1.16. The number of amides is 1. The van der Waals surface area contributed by atoms with E-state index in [2.05, 4.69) is 10.1 Å². The summed E-state index contributed by atoms with van der Waals surface area (Å²) in [5.74, 6) is -0.821. The third kappa shape index (κ3) is 7.80. The number of rotatable bonds is 7. The van der Waals surface area contributed by atoms with Gasteiger partial charge < -0.3 is 29.0 Å². The van der Waals surface area contributed by atoms with Crippen molar-refractivity contribution in [1.29, 1.82) is 0 Å². The lowest BCUT2D eigenvalue weighted by atomic mass is 10.2. The SMILES string of the molecule is COC(=O)[C@H](CSC(=O)/C(=C/c1ccc2c(c1)OCO2)OC(C)=O)NC(=O)OC(C)(C)C. The van der Waals surface area contributed by atoms with Gasteiger partial charge >= 0.3 is 18.0 Å². The van der Waals surface area contributed by atoms with Gasteiger partial charge in [0.25, 0.3) is 5.12 Å². The Balaban J connectivity index is 2.12. The monoisotopic (exact) mass is 467 g/mol. The van der Waals surface area contributed by atoms with Crippen LogP contribution in [0.2, 0.25) is 0 Å². The van der Waals surface area contributed by atoms with E-state index in [0.717, 1.165) is 14.0 Å². The van der Waals surface area contributed by atoms with E-state index in [1.165, 1.54) is 6.08 Å². The molecule has 1 atom stereocenters. The number of alkyl carbamates (subject to hydrolysis) is 1. The van der Waals surface area contributed by atoms with Gasteiger partial charge in [0.05, 0.1) is 7.11 Å². The topological polar surface area (TPSA) is 126 Å². The molecule has 1 aliphatic rings. The first kappa shape index (κ1) is 25.1. The van der Waals surface area contributed by atoms with Crippen LogP contribution in [-0.4, -0.2) is 54.4 Å². The molecule has 0 spiro atoms. The summed E-state index contributed by atoms with van der Waals surface area (Å²) in [6.07, 6.45) is 0.532. The first-order valence-corrected chi connectivity index (χ1v) is 10.5. The second-order valence-electron chi connectivity index (χ2n) is 7.54. The fraction of sp³-hybridized carbons (Fsp3) is 0.429. The van der Waals surface area contributed by atoms with Crippen molar-refractivity contribution in [2.75, 3.05) is 19.7 Å². The van der Waals surface area contributed by atoms with Gasteiger partial charge in [-0.3, -0.25) is 9.59 Å². The molecule has 1 aliphatic heterocycles. The smallest absolute Gasteiger partial charge is 0.408 e. The Labute approximate surface area is 189 Å². The number of thioether (sulfide) groups is 1. The molecular formula is C21H25NO9S. The highest BCUT2D eigenvalue weighted by molar-refractivity contribution is 8.14. The average Bonchev–Trinajstić information content (AvgIpc) is 3.15. The van der Waals surface area contributed by atoms with Crippen LogP contribution in [0.4, 0.5) is 4.79 Å². The fourth-order valence-corrected chi connectivity index (χ4v) is 3.21. The number of fused-ring (bicyclic) bond motifs is 1. The summed E-state index contributed by atoms with van der Waals surface area (Å²) in [4.78, 5) is 48.2. The molecule has 1 N–H and O–H groups in total. The third-order valence-electron chi connectivity index (χ3n) is 3.71. The van der Waals surface area contributed by atoms with Gasteiger partial charge in [-0.25, -0.2) is 9.59 Å². The molecule has 1 heterocycles. The molecule has 0 unspecified atom stereocenters. The number of nitrogens with one attached hydrogen (secondary N) is 1. The van der Waals surface area contributed by atoms with Crippen molar-refractivity contribution in [3.05, 3.63) is 29.5 Å². The van der Waals surface area contributed by atoms with E-state index in [9.17, 15) is 19.2 Å². The third-order valence-corrected chi connectivity index (χ3v) is 4.67. The number of ether oxygens (including phenoxy) is 5. The van der Waals surface area contributed by atoms with Crippen LogP contribution in [0.25, 0.3) is 6.08 Å². The Morgan fingerprint density at radius 3 is 2.50 bits per heavy atom. The average molecular weight is 467 g/mol. The van der Waals surface area contributed by atoms with Gasteiger partial charge in [-0.15, -0.1) is 0 Å². The van der Waals surface area contributed by atoms with Crippen LogP contribution in [-0.2, 0) is 28.6 Å². The molecule has 0 saturated carbocycles. The standard InChI is InChI=1S/C21H25NO9S/c1-12(23)30-17(9-13-6-7-15-16(8-13)29-11-28-15)19(25)32-10-14(18(24)27-5)22-20(26)31-21(2,3)4/h6-9,14H,10-11H2,1-5H3,(H,22,26)/b17-9-/t14-/m0/s1. The Morgan fingerprint density at radius 2 is 1.88 bits per heavy atom. The molecule has 0 saturated heterocycles. The molecule has 0 aromatic heterocycles. The largest absolute Gasteiger partial charge is 0.467 e. The summed E-state index contributed by atoms with van der Waals surface area (Å²) in [5, 5.41) is 1.74. The molecule has 1 aromatic carbocycles. The van der Waals surface area contributed by atoms with Crippen LogP contribution >= 0.6 is 11.8 Å². The minimum atomic E-state index is -1.16. The number of benzene rings is 1. The van der Waals surface area contributed by atoms with E-state index in [4.69, 9.17) is 18.9 Å². The highest BCUT2D eigenvalue weighted by Gasteiger charge is 2.27. The predicted molar refractivity (Wildman–Crippen MR) is 115 cm³/mol. The van der Waals surface area contributed by atoms with Crippen LogP contribution < -0.4 is 14.8 Å². The van der Waals surface area contributed by atoms with Crippen molar-refractivity contribution in [2.24, 2.45) is 0 Å². The van der Waals surface area contributed by atoms with Gasteiger partial charge in [-0.1, -0.05) is 17.8 Å². The van der Waals surface area contributed by atoms with Crippen molar-refractivity contribution < 1.29 is 42.9 Å². The number of methoxy groups -OCH3 is 1. The Morgan fingerprint density at radius 1 is 1.19 bits per heavy atom. The van der Waals surface area contributed by atoms with Gasteiger partial charge in [-0.05, 0) is 44.5 Å². The van der Waals surface area contributed by atoms with Crippen molar-refractivity contribution in [3.8, 4) is 11.5 Å². The summed E-state index contributed by atoms with van der Waals surface area (Å²) in [6.45, 7) is 6.26. The first-order chi connectivity index (χ1) is 15.0. The molecule has 0 radical (unpaired) electrons. The zero-order valence-corrected chi connectivity index (χ0v) is 19.2. The maximum absolute atomic E-state index is 12.7. The van der Waals surface area contributed by atoms with Gasteiger partial charge in [0.2, 0.25) is 6.79 Å². The lowest BCUT2D eigenvalue weighted by molar-refractivity contribution is -0.142. The fourth-order valence-electron chi connectivity index (χ4n) is 2.43. The minimum Gasteiger partial charge on any atom is -0.467 e. The number of carbonyl (C=O) groups excluding carboxylic acids is 4. The summed E-state index contributed by atoms with van der Waals surface area (Å²) in [5.41, 5.74) is -0.236. The summed E-state index contributed by atoms with van der Waals surface area (Å²) >= 11 is 0.672. The number of esters is 2. The maximum Gasteiger partial charge on any atom is 0.408 e. The van der Waals surface area contributed by atoms with Crippen molar-refractivity contribution >= 4 is 41.0 Å². The lowest BCUT2D eigenvalue weighted by Gasteiger charge is -2.22. The molecular weight excluding hydrogens is 442 g/mol. The second-order valence-corrected chi connectivity index (χ2v) is 8.53. The van der Waals surface area contributed by atoms with Gasteiger partial charge in [0.15, 0.2) is 17.3 Å². The van der Waals surface area contributed by atoms with E-state index < -0.39 is 34.8 Å². The second kappa shape index (κ2) is 10.9. The van der Waals surface area contributed by atoms with Crippen LogP contribution in [0, 0.1) is 0 Å². The quantitative estimate of drug-likeness (QED) is 0.277. The molecule has 0 bridgehead atoms. The van der Waals surface area contributed by atoms with E-state index in [-0.39, 0.29) is 18.3 Å². The van der Waals surface area contributed by atoms with Crippen LogP contribution in [0.1, 0.15) is 33.3 Å². The number of hydrogen-bond acceptors (Lipinski definition) is 10. The molecule has 10 nitrogen and oxygen atoms in total. The van der Waals surface area contributed by atoms with Crippen LogP contribution in [0.5, 0.6) is 11.5 Å². The maximum atomic E-state index is 12.7. The highest BCUT2D eigenvalue weighted by Crippen LogP contribution is 2.33. The molecule has 32 heavy (non-hydrogen) atoms. The van der Waals surface area contributed by atoms with Gasteiger partial charge in [0.1, 0.15) is 11.6 Å². The van der Waals surface area contributed by atoms with Crippen molar-refractivity contribution in [1.82, 2.24) is 5.32 Å². The van der Waals surface area contributed by atoms with E-state index >= 15 is 0 Å². The zero-order valence-electron chi connectivity index (χ0n) is 18.4. The minimum absolute atomic E-state index is 0.0909. The number of hydrogen-bond donors (Lipinski definition) is 1. The van der Waals surface area contributed by atoms with Crippen molar-refractivity contribution in [3.63, 3.8) is 0 Å². The molecule has 0 aliphatic carbocycles. The summed E-state index contributed by atoms with van der Waals surface area (Å²) < 4.78 is 25.4. The normalized spacial score (nSPS) is 13.7. The van der Waals surface area contributed by atoms with E-state index in [0.29, 0.717) is 28.8 Å². The van der Waals surface area contributed by atoms with E-state index in [1.807, 2.05) is 0 Å². The predicted octanol–water partition coefficient (Wildman–Crippen LogP) is 2.65. The molecule has 2 rings (SSSR count). The Kier molecular flexibility index (Phi) is 8.53. The summed E-state index contributed by atoms with van der Waals surface area (Å²) in [6, 6.07) is 3.80. The molecule has 1 aromatic rings.